The number of rotatable bonds is 0. The first kappa shape index (κ1) is 28.2. The van der Waals surface area contributed by atoms with Crippen molar-refractivity contribution in [2.45, 2.75) is 0 Å². The number of nitrogens with zero attached hydrogens (tertiary/aromatic N) is 8. The van der Waals surface area contributed by atoms with Gasteiger partial charge >= 0.3 is 16.8 Å². The summed E-state index contributed by atoms with van der Waals surface area (Å²) in [6.07, 6.45) is 0. The third-order valence-electron chi connectivity index (χ3n) is 8.40. The van der Waals surface area contributed by atoms with Crippen LogP contribution in [0.1, 0.15) is 0 Å². The first-order valence-corrected chi connectivity index (χ1v) is 14.3. The van der Waals surface area contributed by atoms with Gasteiger partial charge in [0.1, 0.15) is 0 Å². The van der Waals surface area contributed by atoms with E-state index in [-0.39, 0.29) is 16.8 Å². The van der Waals surface area contributed by atoms with Crippen LogP contribution in [0.3, 0.4) is 0 Å². The average Bonchev–Trinajstić information content (AvgIpc) is 3.70. The summed E-state index contributed by atoms with van der Waals surface area (Å²) >= 11 is 0. The van der Waals surface area contributed by atoms with E-state index in [1.165, 1.54) is 0 Å². The van der Waals surface area contributed by atoms with Crippen molar-refractivity contribution in [1.29, 1.82) is 0 Å². The Morgan fingerprint density at radius 3 is 1.15 bits per heavy atom. The second kappa shape index (κ2) is 9.84. The van der Waals surface area contributed by atoms with Crippen molar-refractivity contribution in [3.05, 3.63) is 86.9 Å². The molecule has 5 heterocycles. The van der Waals surface area contributed by atoms with E-state index < -0.39 is 0 Å². The Bertz CT molecular complexity index is 2490. The molecule has 0 aliphatic carbocycles. The zero-order chi connectivity index (χ0) is 31.4. The number of hydrogen-bond acceptors (Lipinski definition) is 8. The van der Waals surface area contributed by atoms with Crippen LogP contribution in [0.4, 0.5) is 22.7 Å². The fourth-order valence-electron chi connectivity index (χ4n) is 6.22. The molecule has 2 aliphatic heterocycles. The molecule has 0 unspecified atom stereocenters. The monoisotopic (exact) mass is 659 g/mol. The Morgan fingerprint density at radius 2 is 0.745 bits per heavy atom. The van der Waals surface area contributed by atoms with Crippen LogP contribution in [0, 0.1) is 14.1 Å². The number of hydrogen-bond donors (Lipinski definition) is 4. The number of aromatic nitrogens is 8. The van der Waals surface area contributed by atoms with Crippen molar-refractivity contribution in [3.8, 4) is 45.6 Å². The Labute approximate surface area is 277 Å². The minimum absolute atomic E-state index is 0. The molecule has 0 amide bonds. The van der Waals surface area contributed by atoms with Crippen LogP contribution in [0.2, 0.25) is 0 Å². The van der Waals surface area contributed by atoms with Crippen LogP contribution in [0.15, 0.2) is 72.8 Å². The van der Waals surface area contributed by atoms with Crippen LogP contribution in [0.25, 0.3) is 89.7 Å². The molecule has 13 heteroatoms. The van der Waals surface area contributed by atoms with Crippen molar-refractivity contribution >= 4 is 66.9 Å². The van der Waals surface area contributed by atoms with E-state index in [1.54, 1.807) is 9.13 Å². The molecule has 9 rings (SSSR count). The summed E-state index contributed by atoms with van der Waals surface area (Å²) in [5, 5.41) is 2.98. The fourth-order valence-corrected chi connectivity index (χ4v) is 6.22. The fraction of sp³-hybridized carbons (Fsp3) is 0. The molecule has 0 fully saturated rings. The predicted octanol–water partition coefficient (Wildman–Crippen LogP) is 3.52. The zero-order valence-electron chi connectivity index (χ0n) is 24.6. The van der Waals surface area contributed by atoms with E-state index in [1.807, 2.05) is 72.8 Å². The van der Waals surface area contributed by atoms with Gasteiger partial charge in [-0.1, -0.05) is 38.4 Å². The van der Waals surface area contributed by atoms with Crippen LogP contribution in [-0.2, 0) is 16.8 Å². The molecule has 0 spiro atoms. The van der Waals surface area contributed by atoms with Gasteiger partial charge in [-0.15, -0.1) is 0 Å². The smallest absolute Gasteiger partial charge is 0.419 e. The zero-order valence-corrected chi connectivity index (χ0v) is 25.6. The van der Waals surface area contributed by atoms with Gasteiger partial charge in [0.15, 0.2) is 11.5 Å². The molecule has 0 saturated carbocycles. The first-order valence-electron chi connectivity index (χ1n) is 14.3. The Balaban J connectivity index is 0.00000324. The second-order valence-corrected chi connectivity index (χ2v) is 11.3. The number of fused-ring (bicyclic) bond motifs is 20. The minimum Gasteiger partial charge on any atom is -0.419 e. The van der Waals surface area contributed by atoms with Crippen LogP contribution >= 0.6 is 0 Å². The SMILES string of the molecule is [CH2-][n+]1c2nc3[n-]c(nc4[n+]([CH2-])c(nc5[n-]c(nc1-c1ccc(N)cc1-2)c1cc(N)ccc51)-c1cc(N)ccc1-4)c1cc(N)ccc31.[Co+2]. The van der Waals surface area contributed by atoms with Crippen LogP contribution in [0.5, 0.6) is 0 Å². The quantitative estimate of drug-likeness (QED) is 0.106. The van der Waals surface area contributed by atoms with Gasteiger partial charge in [0.05, 0.1) is 0 Å². The molecule has 8 bridgehead atoms. The van der Waals surface area contributed by atoms with E-state index in [4.69, 9.17) is 52.8 Å². The molecule has 7 aromatic rings. The van der Waals surface area contributed by atoms with E-state index in [0.717, 1.165) is 43.8 Å². The topological polar surface area (TPSA) is 192 Å². The van der Waals surface area contributed by atoms with E-state index >= 15 is 0 Å². The Hall–Kier alpha value is -6.31. The molecule has 8 N–H and O–H groups in total. The molecule has 3 aromatic heterocycles. The predicted molar refractivity (Wildman–Crippen MR) is 178 cm³/mol. The van der Waals surface area contributed by atoms with Crippen LogP contribution < -0.4 is 42.0 Å². The van der Waals surface area contributed by atoms with Crippen molar-refractivity contribution in [3.63, 3.8) is 0 Å². The first-order chi connectivity index (χ1) is 22.2. The summed E-state index contributed by atoms with van der Waals surface area (Å²) in [7, 11) is 8.68. The van der Waals surface area contributed by atoms with Gasteiger partial charge in [-0.25, -0.2) is 0 Å². The summed E-state index contributed by atoms with van der Waals surface area (Å²) in [6, 6.07) is 22.2. The third-order valence-corrected chi connectivity index (χ3v) is 8.40. The maximum atomic E-state index is 6.26. The average molecular weight is 660 g/mol. The normalized spacial score (nSPS) is 11.7. The number of nitrogens with two attached hydrogens (primary N) is 4. The van der Waals surface area contributed by atoms with E-state index in [2.05, 4.69) is 14.1 Å². The summed E-state index contributed by atoms with van der Waals surface area (Å²) < 4.78 is 3.33. The number of benzene rings is 4. The molecule has 4 aromatic carbocycles. The summed E-state index contributed by atoms with van der Waals surface area (Å²) in [4.78, 5) is 30.0. The van der Waals surface area contributed by atoms with Gasteiger partial charge in [0.2, 0.25) is 0 Å². The Morgan fingerprint density at radius 1 is 0.426 bits per heavy atom. The van der Waals surface area contributed by atoms with Crippen molar-refractivity contribution in [2.24, 2.45) is 0 Å². The van der Waals surface area contributed by atoms with E-state index in [0.29, 0.717) is 68.6 Å². The molecule has 0 saturated heterocycles. The van der Waals surface area contributed by atoms with Gasteiger partial charge in [-0.05, 0) is 86.9 Å². The van der Waals surface area contributed by atoms with Crippen molar-refractivity contribution in [1.82, 2.24) is 29.9 Å². The molecular weight excluding hydrogens is 635 g/mol. The maximum absolute atomic E-state index is 6.26. The number of anilines is 4. The van der Waals surface area contributed by atoms with Gasteiger partial charge in [-0.2, -0.15) is 4.98 Å². The van der Waals surface area contributed by atoms with Crippen molar-refractivity contribution in [2.75, 3.05) is 22.9 Å². The molecule has 229 valence electrons. The molecule has 1 radical (unpaired) electrons. The third kappa shape index (κ3) is 4.07. The molecule has 2 aliphatic rings. The number of nitrogen functional groups attached to an aromatic ring is 4. The molecule has 12 nitrogen and oxygen atoms in total. The van der Waals surface area contributed by atoms with Crippen molar-refractivity contribution < 1.29 is 25.9 Å². The van der Waals surface area contributed by atoms with Gasteiger partial charge in [-0.3, -0.25) is 0 Å². The standard InChI is InChI=1S/C34H24N12.Co/c1-45-31-21-9-5-17(37)13-25(21)33(45)41-27-19-7-3-16(36)12-24(19)30(39-27)44-32-22-10-6-18(38)14-26(22)34(46(32)2)42-28-20-8-4-15(35)11-23(20)29(40-28)43-31;/h3-14H,1-2,35-38H2;/q-2;+2. The summed E-state index contributed by atoms with van der Waals surface area (Å²) in [5.74, 6) is 2.08. The Kier molecular flexibility index (Phi) is 5.90. The summed E-state index contributed by atoms with van der Waals surface area (Å²) in [6.45, 7) is 0. The molecule has 47 heavy (non-hydrogen) atoms. The van der Waals surface area contributed by atoms with Gasteiger partial charge in [0.25, 0.3) is 0 Å². The second-order valence-electron chi connectivity index (χ2n) is 11.3. The minimum atomic E-state index is 0. The maximum Gasteiger partial charge on any atom is 2.00 e. The molecular formula is C34H24CoN12. The summed E-state index contributed by atoms with van der Waals surface area (Å²) in [5.41, 5.74) is 32.1. The largest absolute Gasteiger partial charge is 2.00 e. The molecule has 0 atom stereocenters. The van der Waals surface area contributed by atoms with Gasteiger partial charge in [0, 0.05) is 62.6 Å². The van der Waals surface area contributed by atoms with Gasteiger partial charge < -0.3 is 57.0 Å². The van der Waals surface area contributed by atoms with Crippen LogP contribution in [-0.4, -0.2) is 19.9 Å². The van der Waals surface area contributed by atoms with E-state index in [9.17, 15) is 0 Å².